The molecule has 152 valence electrons. The Hall–Kier alpha value is -3.15. The molecule has 0 aromatic heterocycles. The van der Waals surface area contributed by atoms with E-state index in [1.165, 1.54) is 0 Å². The minimum absolute atomic E-state index is 0.0792. The molecule has 6 heteroatoms. The first-order valence-electron chi connectivity index (χ1n) is 9.98. The molecule has 1 fully saturated rings. The van der Waals surface area contributed by atoms with E-state index in [1.54, 1.807) is 24.3 Å². The van der Waals surface area contributed by atoms with Crippen LogP contribution in [0.15, 0.2) is 48.5 Å². The summed E-state index contributed by atoms with van der Waals surface area (Å²) in [6.45, 7) is 3.81. The number of carbonyl (C=O) groups is 3. The van der Waals surface area contributed by atoms with Crippen molar-refractivity contribution in [1.82, 2.24) is 4.90 Å². The van der Waals surface area contributed by atoms with Crippen LogP contribution in [0.5, 0.6) is 5.75 Å². The fraction of sp³-hybridized carbons (Fsp3) is 0.348. The first-order chi connectivity index (χ1) is 14.0. The van der Waals surface area contributed by atoms with Gasteiger partial charge in [0.15, 0.2) is 5.78 Å². The monoisotopic (exact) mass is 394 g/mol. The lowest BCUT2D eigenvalue weighted by Crippen LogP contribution is -2.23. The summed E-state index contributed by atoms with van der Waals surface area (Å²) in [6, 6.07) is 14.4. The Kier molecular flexibility index (Phi) is 7.00. The Morgan fingerprint density at radius 2 is 1.90 bits per heavy atom. The molecule has 3 rings (SSSR count). The molecule has 2 aromatic rings. The number of likely N-dealkylation sites (tertiary alicyclic amines) is 1. The molecule has 6 nitrogen and oxygen atoms in total. The van der Waals surface area contributed by atoms with Gasteiger partial charge in [-0.3, -0.25) is 14.4 Å². The van der Waals surface area contributed by atoms with Gasteiger partial charge in [0.1, 0.15) is 5.75 Å². The van der Waals surface area contributed by atoms with Crippen LogP contribution < -0.4 is 10.1 Å². The smallest absolute Gasteiger partial charge is 0.224 e. The summed E-state index contributed by atoms with van der Waals surface area (Å²) in [7, 11) is 0. The highest BCUT2D eigenvalue weighted by Crippen LogP contribution is 2.18. The first-order valence-corrected chi connectivity index (χ1v) is 9.98. The van der Waals surface area contributed by atoms with Crippen LogP contribution in [0.2, 0.25) is 0 Å². The van der Waals surface area contributed by atoms with E-state index in [0.717, 1.165) is 24.3 Å². The standard InChI is InChI=1S/C23H26N2O4/c1-2-29-20-10-8-18(9-11-20)21(26)12-13-22(27)24-19-6-3-5-17(15-19)16-25-14-4-7-23(25)28/h3,5-6,8-11,15H,2,4,7,12-14,16H2,1H3,(H,24,27). The van der Waals surface area contributed by atoms with Crippen LogP contribution >= 0.6 is 0 Å². The summed E-state index contributed by atoms with van der Waals surface area (Å²) in [5.41, 5.74) is 2.22. The number of ether oxygens (including phenoxy) is 1. The normalized spacial score (nSPS) is 13.4. The van der Waals surface area contributed by atoms with Crippen LogP contribution in [0.3, 0.4) is 0 Å². The Bertz CT molecular complexity index is 877. The van der Waals surface area contributed by atoms with Gasteiger partial charge in [0.05, 0.1) is 6.61 Å². The number of nitrogens with one attached hydrogen (secondary N) is 1. The number of hydrogen-bond acceptors (Lipinski definition) is 4. The number of hydrogen-bond donors (Lipinski definition) is 1. The van der Waals surface area contributed by atoms with Gasteiger partial charge in [0, 0.05) is 43.6 Å². The van der Waals surface area contributed by atoms with Gasteiger partial charge >= 0.3 is 0 Å². The lowest BCUT2D eigenvalue weighted by molar-refractivity contribution is -0.128. The van der Waals surface area contributed by atoms with Crippen molar-refractivity contribution < 1.29 is 19.1 Å². The second-order valence-corrected chi connectivity index (χ2v) is 7.05. The van der Waals surface area contributed by atoms with E-state index in [1.807, 2.05) is 36.1 Å². The van der Waals surface area contributed by atoms with E-state index in [4.69, 9.17) is 4.74 Å². The van der Waals surface area contributed by atoms with E-state index in [-0.39, 0.29) is 30.4 Å². The number of anilines is 1. The highest BCUT2D eigenvalue weighted by atomic mass is 16.5. The van der Waals surface area contributed by atoms with Gasteiger partial charge in [0.25, 0.3) is 0 Å². The van der Waals surface area contributed by atoms with Crippen LogP contribution in [-0.2, 0) is 16.1 Å². The Morgan fingerprint density at radius 1 is 1.10 bits per heavy atom. The van der Waals surface area contributed by atoms with Gasteiger partial charge in [-0.15, -0.1) is 0 Å². The van der Waals surface area contributed by atoms with Crippen molar-refractivity contribution >= 4 is 23.3 Å². The molecule has 29 heavy (non-hydrogen) atoms. The molecule has 2 aromatic carbocycles. The maximum atomic E-state index is 12.3. The SMILES string of the molecule is CCOc1ccc(C(=O)CCC(=O)Nc2cccc(CN3CCCC3=O)c2)cc1. The molecule has 0 unspecified atom stereocenters. The summed E-state index contributed by atoms with van der Waals surface area (Å²) < 4.78 is 5.37. The van der Waals surface area contributed by atoms with Gasteiger partial charge in [0.2, 0.25) is 11.8 Å². The summed E-state index contributed by atoms with van der Waals surface area (Å²) in [5, 5.41) is 2.84. The zero-order valence-electron chi connectivity index (χ0n) is 16.6. The van der Waals surface area contributed by atoms with Crippen LogP contribution in [0, 0.1) is 0 Å². The van der Waals surface area contributed by atoms with E-state index < -0.39 is 0 Å². The number of nitrogens with zero attached hydrogens (tertiary/aromatic N) is 1. The van der Waals surface area contributed by atoms with E-state index in [9.17, 15) is 14.4 Å². The minimum Gasteiger partial charge on any atom is -0.494 e. The van der Waals surface area contributed by atoms with E-state index in [0.29, 0.717) is 30.8 Å². The van der Waals surface area contributed by atoms with Gasteiger partial charge in [-0.2, -0.15) is 0 Å². The van der Waals surface area contributed by atoms with Crippen molar-refractivity contribution in [2.24, 2.45) is 0 Å². The molecule has 0 spiro atoms. The third kappa shape index (κ3) is 5.91. The van der Waals surface area contributed by atoms with Gasteiger partial charge in [-0.25, -0.2) is 0 Å². The predicted octanol–water partition coefficient (Wildman–Crippen LogP) is 3.81. The molecule has 0 aliphatic carbocycles. The minimum atomic E-state index is -0.210. The maximum absolute atomic E-state index is 12.3. The molecular weight excluding hydrogens is 368 g/mol. The van der Waals surface area contributed by atoms with E-state index >= 15 is 0 Å². The quantitative estimate of drug-likeness (QED) is 0.656. The number of Topliss-reactive ketones (excluding diaryl/α,β-unsaturated/α-hetero) is 1. The number of carbonyl (C=O) groups excluding carboxylic acids is 3. The molecule has 1 N–H and O–H groups in total. The molecule has 1 saturated heterocycles. The predicted molar refractivity (Wildman–Crippen MR) is 111 cm³/mol. The molecule has 1 aliphatic rings. The Labute approximate surface area is 170 Å². The van der Waals surface area contributed by atoms with Gasteiger partial charge in [-0.1, -0.05) is 12.1 Å². The molecular formula is C23H26N2O4. The van der Waals surface area contributed by atoms with Crippen LogP contribution in [0.4, 0.5) is 5.69 Å². The van der Waals surface area contributed by atoms with Crippen molar-refractivity contribution in [3.8, 4) is 5.75 Å². The largest absolute Gasteiger partial charge is 0.494 e. The molecule has 0 saturated carbocycles. The zero-order chi connectivity index (χ0) is 20.6. The summed E-state index contributed by atoms with van der Waals surface area (Å²) in [5.74, 6) is 0.604. The highest BCUT2D eigenvalue weighted by Gasteiger charge is 2.20. The van der Waals surface area contributed by atoms with Crippen molar-refractivity contribution in [2.45, 2.75) is 39.2 Å². The highest BCUT2D eigenvalue weighted by molar-refractivity contribution is 6.00. The van der Waals surface area contributed by atoms with Crippen molar-refractivity contribution in [3.05, 3.63) is 59.7 Å². The molecule has 2 amide bonds. The fourth-order valence-corrected chi connectivity index (χ4v) is 3.34. The number of ketones is 1. The lowest BCUT2D eigenvalue weighted by atomic mass is 10.1. The van der Waals surface area contributed by atoms with Crippen LogP contribution in [0.1, 0.15) is 48.5 Å². The second-order valence-electron chi connectivity index (χ2n) is 7.05. The molecule has 0 bridgehead atoms. The summed E-state index contributed by atoms with van der Waals surface area (Å²) in [4.78, 5) is 38.1. The molecule has 1 aliphatic heterocycles. The third-order valence-corrected chi connectivity index (χ3v) is 4.82. The maximum Gasteiger partial charge on any atom is 0.224 e. The Morgan fingerprint density at radius 3 is 2.59 bits per heavy atom. The van der Waals surface area contributed by atoms with Crippen molar-refractivity contribution in [1.29, 1.82) is 0 Å². The Balaban J connectivity index is 1.49. The number of amides is 2. The molecule has 1 heterocycles. The topological polar surface area (TPSA) is 75.7 Å². The van der Waals surface area contributed by atoms with Gasteiger partial charge in [-0.05, 0) is 55.3 Å². The average molecular weight is 394 g/mol. The summed E-state index contributed by atoms with van der Waals surface area (Å²) >= 11 is 0. The van der Waals surface area contributed by atoms with Crippen LogP contribution in [-0.4, -0.2) is 35.6 Å². The first kappa shape index (κ1) is 20.6. The van der Waals surface area contributed by atoms with Crippen molar-refractivity contribution in [2.75, 3.05) is 18.5 Å². The fourth-order valence-electron chi connectivity index (χ4n) is 3.34. The number of benzene rings is 2. The summed E-state index contributed by atoms with van der Waals surface area (Å²) in [6.07, 6.45) is 1.76. The zero-order valence-corrected chi connectivity index (χ0v) is 16.6. The van der Waals surface area contributed by atoms with E-state index in [2.05, 4.69) is 5.32 Å². The second kappa shape index (κ2) is 9.87. The third-order valence-electron chi connectivity index (χ3n) is 4.82. The van der Waals surface area contributed by atoms with Crippen molar-refractivity contribution in [3.63, 3.8) is 0 Å². The molecule has 0 radical (unpaired) electrons. The average Bonchev–Trinajstić information content (AvgIpc) is 3.12. The lowest BCUT2D eigenvalue weighted by Gasteiger charge is -2.16. The van der Waals surface area contributed by atoms with Crippen LogP contribution in [0.25, 0.3) is 0 Å². The number of rotatable bonds is 9. The van der Waals surface area contributed by atoms with Gasteiger partial charge < -0.3 is 15.0 Å². The molecule has 0 atom stereocenters.